The number of rotatable bonds is 2. The SMILES string of the molecule is Cc1ccccc1.Oc1ccc2c(c1F)SCCC2.c1ccc(CN2CC2)cc1. The molecule has 0 spiro atoms. The highest BCUT2D eigenvalue weighted by molar-refractivity contribution is 7.99. The lowest BCUT2D eigenvalue weighted by Crippen LogP contribution is -2.00. The first-order valence-electron chi connectivity index (χ1n) is 10.0. The molecule has 0 aliphatic carbocycles. The zero-order valence-corrected chi connectivity index (χ0v) is 17.7. The molecule has 0 unspecified atom stereocenters. The molecule has 29 heavy (non-hydrogen) atoms. The van der Waals surface area contributed by atoms with Gasteiger partial charge in [0.25, 0.3) is 0 Å². The third-order valence-electron chi connectivity index (χ3n) is 4.72. The van der Waals surface area contributed by atoms with Crippen LogP contribution in [0.4, 0.5) is 4.39 Å². The fraction of sp³-hybridized carbons (Fsp3) is 0.280. The van der Waals surface area contributed by atoms with Crippen LogP contribution in [0.25, 0.3) is 0 Å². The summed E-state index contributed by atoms with van der Waals surface area (Å²) < 4.78 is 13.2. The molecule has 3 aromatic carbocycles. The van der Waals surface area contributed by atoms with Gasteiger partial charge in [-0.1, -0.05) is 72.3 Å². The first-order valence-corrected chi connectivity index (χ1v) is 11.0. The monoisotopic (exact) mass is 409 g/mol. The second-order valence-corrected chi connectivity index (χ2v) is 8.36. The van der Waals surface area contributed by atoms with Crippen LogP contribution in [0.5, 0.6) is 5.75 Å². The van der Waals surface area contributed by atoms with Gasteiger partial charge in [0.2, 0.25) is 0 Å². The molecule has 2 nitrogen and oxygen atoms in total. The highest BCUT2D eigenvalue weighted by atomic mass is 32.2. The van der Waals surface area contributed by atoms with Crippen LogP contribution in [0, 0.1) is 12.7 Å². The number of nitrogens with zero attached hydrogens (tertiary/aromatic N) is 1. The molecule has 3 aromatic rings. The molecule has 152 valence electrons. The van der Waals surface area contributed by atoms with E-state index in [0.29, 0.717) is 4.90 Å². The summed E-state index contributed by atoms with van der Waals surface area (Å²) in [6, 6.07) is 24.1. The highest BCUT2D eigenvalue weighted by Crippen LogP contribution is 2.35. The molecule has 2 aliphatic rings. The van der Waals surface area contributed by atoms with Crippen molar-refractivity contribution >= 4 is 11.8 Å². The van der Waals surface area contributed by atoms with Crippen LogP contribution in [0.2, 0.25) is 0 Å². The molecule has 0 aromatic heterocycles. The first-order chi connectivity index (χ1) is 14.1. The van der Waals surface area contributed by atoms with Crippen molar-refractivity contribution in [1.82, 2.24) is 4.90 Å². The third-order valence-corrected chi connectivity index (χ3v) is 5.95. The quantitative estimate of drug-likeness (QED) is 0.520. The van der Waals surface area contributed by atoms with Crippen LogP contribution < -0.4 is 0 Å². The maximum atomic E-state index is 13.2. The molecule has 1 N–H and O–H groups in total. The maximum absolute atomic E-state index is 13.2. The van der Waals surface area contributed by atoms with Gasteiger partial charge in [0.15, 0.2) is 11.6 Å². The standard InChI is InChI=1S/C9H9FOS.C9H11N.C7H8/c10-8-7(11)4-3-6-2-1-5-12-9(6)8;1-2-4-9(5-3-1)8-10-6-7-10;1-7-5-3-2-4-6-7/h3-4,11H,1-2,5H2;1-5H,6-8H2;2-6H,1H3. The van der Waals surface area contributed by atoms with Gasteiger partial charge in [-0.15, -0.1) is 11.8 Å². The van der Waals surface area contributed by atoms with Crippen molar-refractivity contribution in [3.63, 3.8) is 0 Å². The van der Waals surface area contributed by atoms with E-state index >= 15 is 0 Å². The fourth-order valence-electron chi connectivity index (χ4n) is 2.98. The van der Waals surface area contributed by atoms with Crippen molar-refractivity contribution in [3.05, 3.63) is 95.3 Å². The zero-order chi connectivity index (χ0) is 20.5. The fourth-order valence-corrected chi connectivity index (χ4v) is 4.06. The molecule has 0 amide bonds. The van der Waals surface area contributed by atoms with Crippen molar-refractivity contribution in [2.45, 2.75) is 31.2 Å². The Morgan fingerprint density at radius 3 is 2.17 bits per heavy atom. The zero-order valence-electron chi connectivity index (χ0n) is 16.9. The van der Waals surface area contributed by atoms with E-state index in [4.69, 9.17) is 5.11 Å². The second-order valence-electron chi connectivity index (χ2n) is 7.26. The van der Waals surface area contributed by atoms with Crippen LogP contribution in [0.1, 0.15) is 23.1 Å². The summed E-state index contributed by atoms with van der Waals surface area (Å²) in [7, 11) is 0. The van der Waals surface area contributed by atoms with E-state index in [1.807, 2.05) is 18.2 Å². The van der Waals surface area contributed by atoms with Crippen LogP contribution in [0.15, 0.2) is 77.7 Å². The number of benzene rings is 3. The minimum absolute atomic E-state index is 0.233. The molecule has 0 atom stereocenters. The average molecular weight is 410 g/mol. The Labute approximate surface area is 177 Å². The molecular weight excluding hydrogens is 381 g/mol. The second kappa shape index (κ2) is 11.0. The van der Waals surface area contributed by atoms with E-state index in [-0.39, 0.29) is 5.75 Å². The Balaban J connectivity index is 0.000000129. The van der Waals surface area contributed by atoms with Gasteiger partial charge in [0.1, 0.15) is 0 Å². The van der Waals surface area contributed by atoms with E-state index in [0.717, 1.165) is 30.7 Å². The molecule has 4 heteroatoms. The van der Waals surface area contributed by atoms with Crippen molar-refractivity contribution in [2.75, 3.05) is 18.8 Å². The smallest absolute Gasteiger partial charge is 0.178 e. The van der Waals surface area contributed by atoms with Crippen molar-refractivity contribution in [2.24, 2.45) is 0 Å². The number of phenols is 1. The van der Waals surface area contributed by atoms with E-state index in [9.17, 15) is 4.39 Å². The van der Waals surface area contributed by atoms with E-state index < -0.39 is 5.82 Å². The largest absolute Gasteiger partial charge is 0.505 e. The van der Waals surface area contributed by atoms with E-state index in [1.54, 1.807) is 6.07 Å². The normalized spacial score (nSPS) is 14.6. The predicted molar refractivity (Wildman–Crippen MR) is 120 cm³/mol. The van der Waals surface area contributed by atoms with Crippen LogP contribution >= 0.6 is 11.8 Å². The van der Waals surface area contributed by atoms with Gasteiger partial charge in [-0.05, 0) is 42.7 Å². The number of halogens is 1. The van der Waals surface area contributed by atoms with Crippen LogP contribution in [-0.4, -0.2) is 28.8 Å². The minimum atomic E-state index is -0.447. The summed E-state index contributed by atoms with van der Waals surface area (Å²) >= 11 is 1.49. The lowest BCUT2D eigenvalue weighted by atomic mass is 10.1. The molecular formula is C25H28FNOS. The molecule has 0 radical (unpaired) electrons. The van der Waals surface area contributed by atoms with E-state index in [2.05, 4.69) is 54.3 Å². The van der Waals surface area contributed by atoms with Crippen molar-refractivity contribution < 1.29 is 9.50 Å². The molecule has 0 saturated carbocycles. The minimum Gasteiger partial charge on any atom is -0.505 e. The number of aromatic hydroxyl groups is 1. The van der Waals surface area contributed by atoms with Crippen LogP contribution in [-0.2, 0) is 13.0 Å². The number of hydrogen-bond donors (Lipinski definition) is 1. The van der Waals surface area contributed by atoms with Crippen LogP contribution in [0.3, 0.4) is 0 Å². The number of thioether (sulfide) groups is 1. The summed E-state index contributed by atoms with van der Waals surface area (Å²) in [5, 5.41) is 9.09. The Bertz CT molecular complexity index is 882. The molecule has 5 rings (SSSR count). The van der Waals surface area contributed by atoms with Gasteiger partial charge in [-0.2, -0.15) is 0 Å². The van der Waals surface area contributed by atoms with Gasteiger partial charge < -0.3 is 5.11 Å². The molecule has 1 fully saturated rings. The Morgan fingerprint density at radius 2 is 1.59 bits per heavy atom. The first kappa shape index (κ1) is 21.4. The lowest BCUT2D eigenvalue weighted by molar-refractivity contribution is 0.423. The van der Waals surface area contributed by atoms with Gasteiger partial charge in [0.05, 0.1) is 4.90 Å². The topological polar surface area (TPSA) is 23.2 Å². The number of aryl methyl sites for hydroxylation is 2. The van der Waals surface area contributed by atoms with Crippen molar-refractivity contribution in [1.29, 1.82) is 0 Å². The summed E-state index contributed by atoms with van der Waals surface area (Å²) in [5.41, 5.74) is 3.78. The summed E-state index contributed by atoms with van der Waals surface area (Å²) in [5.74, 6) is 0.272. The number of hydrogen-bond acceptors (Lipinski definition) is 3. The van der Waals surface area contributed by atoms with Gasteiger partial charge in [-0.3, -0.25) is 4.90 Å². The lowest BCUT2D eigenvalue weighted by Gasteiger charge is -2.15. The molecule has 2 aliphatic heterocycles. The highest BCUT2D eigenvalue weighted by Gasteiger charge is 2.17. The van der Waals surface area contributed by atoms with E-state index in [1.165, 1.54) is 42.0 Å². The number of fused-ring (bicyclic) bond motifs is 1. The molecule has 2 heterocycles. The van der Waals surface area contributed by atoms with Gasteiger partial charge in [0, 0.05) is 19.6 Å². The predicted octanol–water partition coefficient (Wildman–Crippen LogP) is 6.07. The van der Waals surface area contributed by atoms with Crippen molar-refractivity contribution in [3.8, 4) is 5.75 Å². The summed E-state index contributed by atoms with van der Waals surface area (Å²) in [4.78, 5) is 3.05. The average Bonchev–Trinajstić information content (AvgIpc) is 3.57. The molecule has 0 bridgehead atoms. The van der Waals surface area contributed by atoms with Gasteiger partial charge in [-0.25, -0.2) is 4.39 Å². The summed E-state index contributed by atoms with van der Waals surface area (Å²) in [6.45, 7) is 5.80. The number of phenolic OH excluding ortho intramolecular Hbond substituents is 1. The Kier molecular flexibility index (Phi) is 8.14. The Hall–Kier alpha value is -2.30. The Morgan fingerprint density at radius 1 is 0.931 bits per heavy atom. The summed E-state index contributed by atoms with van der Waals surface area (Å²) in [6.07, 6.45) is 2.03. The van der Waals surface area contributed by atoms with Gasteiger partial charge >= 0.3 is 0 Å². The third kappa shape index (κ3) is 7.22. The molecule has 1 saturated heterocycles. The maximum Gasteiger partial charge on any atom is 0.178 e.